The van der Waals surface area contributed by atoms with Crippen molar-refractivity contribution in [1.29, 1.82) is 0 Å². The van der Waals surface area contributed by atoms with Gasteiger partial charge in [0.05, 0.1) is 16.1 Å². The van der Waals surface area contributed by atoms with Crippen LogP contribution in [-0.2, 0) is 7.05 Å². The largest absolute Gasteiger partial charge is 0.350 e. The van der Waals surface area contributed by atoms with E-state index in [1.165, 1.54) is 27.3 Å². The van der Waals surface area contributed by atoms with E-state index in [1.54, 1.807) is 6.07 Å². The van der Waals surface area contributed by atoms with Gasteiger partial charge in [-0.2, -0.15) is 9.37 Å². The van der Waals surface area contributed by atoms with Crippen molar-refractivity contribution in [2.45, 2.75) is 0 Å². The summed E-state index contributed by atoms with van der Waals surface area (Å²) >= 11 is 2.13. The van der Waals surface area contributed by atoms with E-state index >= 15 is 0 Å². The molecule has 0 aliphatic carbocycles. The lowest BCUT2D eigenvalue weighted by atomic mass is 10.1. The molecule has 0 saturated carbocycles. The van der Waals surface area contributed by atoms with Gasteiger partial charge in [-0.05, 0) is 36.4 Å². The minimum atomic E-state index is -0.930. The van der Waals surface area contributed by atoms with E-state index in [-0.39, 0.29) is 17.5 Å². The smallest absolute Gasteiger partial charge is 0.306 e. The Labute approximate surface area is 201 Å². The van der Waals surface area contributed by atoms with Crippen LogP contribution in [-0.4, -0.2) is 23.4 Å². The molecule has 0 saturated heterocycles. The topological polar surface area (TPSA) is 90.8 Å². The molecule has 3 aromatic heterocycles. The van der Waals surface area contributed by atoms with Gasteiger partial charge in [-0.3, -0.25) is 14.1 Å². The Kier molecular flexibility index (Phi) is 5.40. The summed E-state index contributed by atoms with van der Waals surface area (Å²) in [5, 5.41) is 15.7. The number of nitrogens with one attached hydrogen (secondary N) is 1. The van der Waals surface area contributed by atoms with Crippen LogP contribution in [0, 0.1) is 21.7 Å². The van der Waals surface area contributed by atoms with Crippen molar-refractivity contribution in [3.8, 4) is 11.3 Å². The number of aromatic nitrogens is 4. The third-order valence-corrected chi connectivity index (χ3v) is 6.91. The fourth-order valence-electron chi connectivity index (χ4n) is 3.71. The van der Waals surface area contributed by atoms with E-state index in [1.807, 2.05) is 34.0 Å². The third-order valence-electron chi connectivity index (χ3n) is 5.19. The van der Waals surface area contributed by atoms with Gasteiger partial charge in [0.2, 0.25) is 11.8 Å². The fraction of sp³-hybridized carbons (Fsp3) is 0.0476. The first kappa shape index (κ1) is 21.6. The Morgan fingerprint density at radius 3 is 2.70 bits per heavy atom. The van der Waals surface area contributed by atoms with Crippen molar-refractivity contribution in [2.75, 3.05) is 5.32 Å². The maximum absolute atomic E-state index is 13.8. The molecular weight excluding hydrogens is 565 g/mol. The number of fused-ring (bicyclic) bond motifs is 2. The van der Waals surface area contributed by atoms with Crippen LogP contribution in [0.5, 0.6) is 0 Å². The third kappa shape index (κ3) is 3.78. The van der Waals surface area contributed by atoms with E-state index in [9.17, 15) is 18.9 Å². The van der Waals surface area contributed by atoms with Gasteiger partial charge < -0.3 is 9.88 Å². The minimum absolute atomic E-state index is 0.183. The van der Waals surface area contributed by atoms with Crippen molar-refractivity contribution in [3.63, 3.8) is 0 Å². The zero-order valence-electron chi connectivity index (χ0n) is 16.8. The molecule has 0 fully saturated rings. The first-order valence-corrected chi connectivity index (χ1v) is 12.8. The molecule has 0 spiro atoms. The highest BCUT2D eigenvalue weighted by molar-refractivity contribution is 14.2. The van der Waals surface area contributed by atoms with Crippen molar-refractivity contribution in [3.05, 3.63) is 76.6 Å². The number of nitrogens with zero attached hydrogens (tertiary/aromatic N) is 5. The van der Waals surface area contributed by atoms with Crippen LogP contribution in [0.25, 0.3) is 33.2 Å². The molecule has 2 aromatic carbocycles. The minimum Gasteiger partial charge on any atom is -0.350 e. The molecule has 33 heavy (non-hydrogen) atoms. The van der Waals surface area contributed by atoms with Gasteiger partial charge in [0.15, 0.2) is 5.65 Å². The molecular formula is C21H13F2IN6O2S. The Morgan fingerprint density at radius 1 is 1.12 bits per heavy atom. The molecule has 0 bridgehead atoms. The van der Waals surface area contributed by atoms with Crippen LogP contribution in [0.3, 0.4) is 0 Å². The molecule has 0 aliphatic heterocycles. The number of hydrogen-bond acceptors (Lipinski definition) is 6. The van der Waals surface area contributed by atoms with Crippen LogP contribution >= 0.6 is 30.3 Å². The van der Waals surface area contributed by atoms with Gasteiger partial charge in [0.25, 0.3) is 0 Å². The highest BCUT2D eigenvalue weighted by Gasteiger charge is 2.19. The van der Waals surface area contributed by atoms with E-state index in [0.717, 1.165) is 28.5 Å². The Balaban J connectivity index is 1.70. The average Bonchev–Trinajstić information content (AvgIpc) is 3.35. The summed E-state index contributed by atoms with van der Waals surface area (Å²) in [7, 11) is 3.24. The first-order valence-electron chi connectivity index (χ1n) is 9.50. The lowest BCUT2D eigenvalue weighted by molar-refractivity contribution is -0.387. The number of nitro benzene ring substituents is 1. The number of halogens is 3. The molecule has 166 valence electrons. The summed E-state index contributed by atoms with van der Waals surface area (Å²) in [5.41, 5.74) is 2.35. The van der Waals surface area contributed by atoms with E-state index < -0.39 is 16.4 Å². The summed E-state index contributed by atoms with van der Waals surface area (Å²) in [6, 6.07) is 9.94. The van der Waals surface area contributed by atoms with Crippen LogP contribution in [0.2, 0.25) is 0 Å². The summed E-state index contributed by atoms with van der Waals surface area (Å²) in [4.78, 5) is 19.6. The van der Waals surface area contributed by atoms with Gasteiger partial charge in [-0.15, -0.1) is 0 Å². The molecule has 12 heteroatoms. The second-order valence-electron chi connectivity index (χ2n) is 7.21. The molecule has 0 radical (unpaired) electrons. The van der Waals surface area contributed by atoms with Gasteiger partial charge in [0, 0.05) is 77.9 Å². The number of anilines is 2. The molecule has 0 aliphatic rings. The van der Waals surface area contributed by atoms with Crippen molar-refractivity contribution in [1.82, 2.24) is 18.5 Å². The number of nitro groups is 1. The molecule has 3 heterocycles. The molecule has 5 rings (SSSR count). The predicted molar refractivity (Wildman–Crippen MR) is 133 cm³/mol. The lowest BCUT2D eigenvalue weighted by Gasteiger charge is -2.09. The van der Waals surface area contributed by atoms with Gasteiger partial charge in [-0.1, -0.05) is 0 Å². The lowest BCUT2D eigenvalue weighted by Crippen LogP contribution is -2.01. The summed E-state index contributed by atoms with van der Waals surface area (Å²) in [6.45, 7) is 0. The van der Waals surface area contributed by atoms with E-state index in [0.29, 0.717) is 16.9 Å². The van der Waals surface area contributed by atoms with Gasteiger partial charge in [-0.25, -0.2) is 9.37 Å². The second-order valence-corrected chi connectivity index (χ2v) is 8.92. The fourth-order valence-corrected chi connectivity index (χ4v) is 4.98. The quantitative estimate of drug-likeness (QED) is 0.148. The van der Waals surface area contributed by atoms with Crippen molar-refractivity contribution in [2.24, 2.45) is 7.05 Å². The number of hydrogen-bond donors (Lipinski definition) is 1. The van der Waals surface area contributed by atoms with Crippen LogP contribution < -0.4 is 5.32 Å². The van der Waals surface area contributed by atoms with Gasteiger partial charge in [0.1, 0.15) is 5.82 Å². The first-order chi connectivity index (χ1) is 15.9. The molecule has 8 nitrogen and oxygen atoms in total. The normalized spacial score (nSPS) is 11.4. The summed E-state index contributed by atoms with van der Waals surface area (Å²) in [5.74, 6) is -1.08. The monoisotopic (exact) mass is 578 g/mol. The van der Waals surface area contributed by atoms with Crippen molar-refractivity contribution < 1.29 is 13.7 Å². The number of aryl methyl sites for hydroxylation is 1. The maximum Gasteiger partial charge on any atom is 0.306 e. The maximum atomic E-state index is 13.8. The van der Waals surface area contributed by atoms with Crippen LogP contribution in [0.4, 0.5) is 26.1 Å². The molecule has 0 amide bonds. The van der Waals surface area contributed by atoms with Crippen LogP contribution in [0.15, 0.2) is 54.9 Å². The highest BCUT2D eigenvalue weighted by Crippen LogP contribution is 2.36. The Bertz CT molecular complexity index is 1570. The van der Waals surface area contributed by atoms with Crippen LogP contribution in [0.1, 0.15) is 0 Å². The Hall–Kier alpha value is -3.26. The average molecular weight is 578 g/mol. The van der Waals surface area contributed by atoms with Gasteiger partial charge >= 0.3 is 5.69 Å². The Morgan fingerprint density at radius 2 is 1.94 bits per heavy atom. The highest BCUT2D eigenvalue weighted by atomic mass is 127. The molecule has 0 atom stereocenters. The molecule has 1 N–H and O–H groups in total. The zero-order chi connectivity index (χ0) is 23.3. The molecule has 5 aromatic rings. The summed E-state index contributed by atoms with van der Waals surface area (Å²) < 4.78 is 31.2. The number of rotatable bonds is 5. The summed E-state index contributed by atoms with van der Waals surface area (Å²) in [6.07, 6.45) is 3.73. The second kappa shape index (κ2) is 8.26. The SMILES string of the molecule is Cn1cc(-c2nc(Nc3ccc(F)c([N+](=O)[O-])c3)nc3c2ccn3SI)c2ccc(F)cc21. The molecule has 0 unspecified atom stereocenters. The predicted octanol–water partition coefficient (Wildman–Crippen LogP) is 6.37. The standard InChI is InChI=1S/C21H13F2IN6O2S/c1-28-10-15(13-4-2-11(22)8-17(13)28)19-14-6-7-29(33-24)20(14)27-21(26-19)25-12-3-5-16(23)18(9-12)30(31)32/h2-10H,1H3,(H,25,26,27). The zero-order valence-corrected chi connectivity index (χ0v) is 19.8. The number of benzene rings is 2. The van der Waals surface area contributed by atoms with Crippen molar-refractivity contribution >= 4 is 69.6 Å². The van der Waals surface area contributed by atoms with E-state index in [4.69, 9.17) is 0 Å². The van der Waals surface area contributed by atoms with E-state index in [2.05, 4.69) is 36.5 Å².